The lowest BCUT2D eigenvalue weighted by atomic mass is 9.94. The van der Waals surface area contributed by atoms with Gasteiger partial charge in [0.05, 0.1) is 17.3 Å². The minimum Gasteiger partial charge on any atom is -0.465 e. The van der Waals surface area contributed by atoms with Crippen LogP contribution < -0.4 is 5.32 Å². The van der Waals surface area contributed by atoms with Crippen LogP contribution in [0.25, 0.3) is 0 Å². The zero-order valence-corrected chi connectivity index (χ0v) is 13.2. The summed E-state index contributed by atoms with van der Waals surface area (Å²) < 4.78 is 5.16. The summed E-state index contributed by atoms with van der Waals surface area (Å²) in [7, 11) is 0. The first kappa shape index (κ1) is 15.9. The molecule has 0 radical (unpaired) electrons. The first-order chi connectivity index (χ1) is 10.2. The van der Waals surface area contributed by atoms with Gasteiger partial charge in [-0.1, -0.05) is 37.5 Å². The number of thiocarbonyl (C=S) groups is 1. The molecule has 1 aliphatic carbocycles. The molecule has 0 bridgehead atoms. The van der Waals surface area contributed by atoms with Gasteiger partial charge in [0.1, 0.15) is 5.92 Å². The zero-order chi connectivity index (χ0) is 15.1. The van der Waals surface area contributed by atoms with Crippen LogP contribution in [-0.4, -0.2) is 28.6 Å². The van der Waals surface area contributed by atoms with Crippen LogP contribution in [0.15, 0.2) is 24.4 Å². The van der Waals surface area contributed by atoms with Crippen LogP contribution in [0.3, 0.4) is 0 Å². The second kappa shape index (κ2) is 8.08. The van der Waals surface area contributed by atoms with E-state index >= 15 is 0 Å². The third kappa shape index (κ3) is 4.49. The fourth-order valence-corrected chi connectivity index (χ4v) is 3.05. The maximum atomic E-state index is 12.2. The number of hydrogen-bond acceptors (Lipinski definition) is 4. The summed E-state index contributed by atoms with van der Waals surface area (Å²) in [6.45, 7) is 2.14. The van der Waals surface area contributed by atoms with Crippen molar-refractivity contribution in [2.24, 2.45) is 0 Å². The van der Waals surface area contributed by atoms with Crippen LogP contribution in [0.2, 0.25) is 0 Å². The van der Waals surface area contributed by atoms with Crippen LogP contribution in [0.1, 0.15) is 50.6 Å². The van der Waals surface area contributed by atoms with E-state index in [1.165, 1.54) is 19.3 Å². The lowest BCUT2D eigenvalue weighted by Crippen LogP contribution is -2.41. The Morgan fingerprint density at radius 1 is 1.43 bits per heavy atom. The molecule has 0 aromatic carbocycles. The van der Waals surface area contributed by atoms with E-state index in [0.717, 1.165) is 12.8 Å². The Morgan fingerprint density at radius 3 is 2.81 bits per heavy atom. The van der Waals surface area contributed by atoms with Gasteiger partial charge in [-0.2, -0.15) is 0 Å². The van der Waals surface area contributed by atoms with E-state index in [1.807, 2.05) is 18.2 Å². The predicted molar refractivity (Wildman–Crippen MR) is 86.2 cm³/mol. The van der Waals surface area contributed by atoms with E-state index in [-0.39, 0.29) is 5.97 Å². The number of pyridine rings is 1. The SMILES string of the molecule is CCOC(=O)C(C(=S)NC1CCCCC1)c1ccccn1. The van der Waals surface area contributed by atoms with Gasteiger partial charge in [-0.15, -0.1) is 0 Å². The molecule has 1 aliphatic rings. The second-order valence-corrected chi connectivity index (χ2v) is 5.72. The average molecular weight is 306 g/mol. The van der Waals surface area contributed by atoms with Crippen molar-refractivity contribution in [3.63, 3.8) is 0 Å². The molecular weight excluding hydrogens is 284 g/mol. The first-order valence-electron chi connectivity index (χ1n) is 7.60. The van der Waals surface area contributed by atoms with E-state index < -0.39 is 5.92 Å². The summed E-state index contributed by atoms with van der Waals surface area (Å²) in [5.74, 6) is -0.937. The third-order valence-corrected chi connectivity index (χ3v) is 4.07. The number of aromatic nitrogens is 1. The Bertz CT molecular complexity index is 472. The van der Waals surface area contributed by atoms with Gasteiger partial charge in [0.25, 0.3) is 0 Å². The molecule has 0 saturated heterocycles. The zero-order valence-electron chi connectivity index (χ0n) is 12.4. The van der Waals surface area contributed by atoms with Crippen molar-refractivity contribution in [3.05, 3.63) is 30.1 Å². The summed E-state index contributed by atoms with van der Waals surface area (Å²) in [6.07, 6.45) is 7.61. The minimum atomic E-state index is -0.608. The summed E-state index contributed by atoms with van der Waals surface area (Å²) >= 11 is 5.48. The normalized spacial score (nSPS) is 17.0. The molecule has 0 amide bonds. The summed E-state index contributed by atoms with van der Waals surface area (Å²) in [5.41, 5.74) is 0.643. The minimum absolute atomic E-state index is 0.329. The quantitative estimate of drug-likeness (QED) is 0.669. The van der Waals surface area contributed by atoms with E-state index in [0.29, 0.717) is 23.3 Å². The molecule has 4 nitrogen and oxygen atoms in total. The van der Waals surface area contributed by atoms with Crippen molar-refractivity contribution in [2.75, 3.05) is 6.61 Å². The Labute approximate surface area is 131 Å². The Kier molecular flexibility index (Phi) is 6.11. The summed E-state index contributed by atoms with van der Waals surface area (Å²) in [4.78, 5) is 17.0. The van der Waals surface area contributed by atoms with Gasteiger partial charge in [-0.05, 0) is 31.9 Å². The van der Waals surface area contributed by atoms with E-state index in [1.54, 1.807) is 13.1 Å². The number of nitrogens with one attached hydrogen (secondary N) is 1. The molecule has 21 heavy (non-hydrogen) atoms. The molecule has 0 spiro atoms. The Balaban J connectivity index is 2.10. The highest BCUT2D eigenvalue weighted by Crippen LogP contribution is 2.21. The van der Waals surface area contributed by atoms with Crippen LogP contribution in [0.4, 0.5) is 0 Å². The topological polar surface area (TPSA) is 51.2 Å². The lowest BCUT2D eigenvalue weighted by molar-refractivity contribution is -0.143. The molecule has 5 heteroatoms. The van der Waals surface area contributed by atoms with Crippen molar-refractivity contribution in [1.29, 1.82) is 0 Å². The van der Waals surface area contributed by atoms with Gasteiger partial charge in [-0.25, -0.2) is 0 Å². The lowest BCUT2D eigenvalue weighted by Gasteiger charge is -2.26. The molecule has 114 valence electrons. The van der Waals surface area contributed by atoms with Gasteiger partial charge in [0.15, 0.2) is 0 Å². The van der Waals surface area contributed by atoms with Crippen LogP contribution in [-0.2, 0) is 9.53 Å². The van der Waals surface area contributed by atoms with Gasteiger partial charge in [0, 0.05) is 12.2 Å². The molecule has 1 saturated carbocycles. The molecule has 1 aromatic rings. The van der Waals surface area contributed by atoms with E-state index in [2.05, 4.69) is 10.3 Å². The largest absolute Gasteiger partial charge is 0.465 e. The molecular formula is C16H22N2O2S. The van der Waals surface area contributed by atoms with Crippen molar-refractivity contribution >= 4 is 23.2 Å². The van der Waals surface area contributed by atoms with Gasteiger partial charge < -0.3 is 10.1 Å². The molecule has 1 N–H and O–H groups in total. The molecule has 1 fully saturated rings. The molecule has 0 aliphatic heterocycles. The number of esters is 1. The van der Waals surface area contributed by atoms with Crippen LogP contribution in [0.5, 0.6) is 0 Å². The second-order valence-electron chi connectivity index (χ2n) is 5.28. The summed E-state index contributed by atoms with van der Waals surface area (Å²) in [5, 5.41) is 3.35. The number of carbonyl (C=O) groups is 1. The molecule has 1 atom stereocenters. The fourth-order valence-electron chi connectivity index (χ4n) is 2.67. The van der Waals surface area contributed by atoms with Crippen molar-refractivity contribution in [1.82, 2.24) is 10.3 Å². The maximum Gasteiger partial charge on any atom is 0.321 e. The number of ether oxygens (including phenoxy) is 1. The molecule has 1 aromatic heterocycles. The van der Waals surface area contributed by atoms with Gasteiger partial charge >= 0.3 is 5.97 Å². The maximum absolute atomic E-state index is 12.2. The predicted octanol–water partition coefficient (Wildman–Crippen LogP) is 2.98. The monoisotopic (exact) mass is 306 g/mol. The van der Waals surface area contributed by atoms with Crippen molar-refractivity contribution in [2.45, 2.75) is 51.0 Å². The van der Waals surface area contributed by atoms with Crippen molar-refractivity contribution in [3.8, 4) is 0 Å². The van der Waals surface area contributed by atoms with Crippen LogP contribution in [0, 0.1) is 0 Å². The summed E-state index contributed by atoms with van der Waals surface area (Å²) in [6, 6.07) is 5.87. The molecule has 2 rings (SSSR count). The van der Waals surface area contributed by atoms with Crippen LogP contribution >= 0.6 is 12.2 Å². The van der Waals surface area contributed by atoms with Crippen molar-refractivity contribution < 1.29 is 9.53 Å². The molecule has 1 heterocycles. The average Bonchev–Trinajstić information content (AvgIpc) is 2.50. The van der Waals surface area contributed by atoms with E-state index in [4.69, 9.17) is 17.0 Å². The standard InChI is InChI=1S/C16H22N2O2S/c1-2-20-16(19)14(13-10-6-7-11-17-13)15(21)18-12-8-4-3-5-9-12/h6-7,10-12,14H,2-5,8-9H2,1H3,(H,18,21). The van der Waals surface area contributed by atoms with Gasteiger partial charge in [0.2, 0.25) is 0 Å². The highest BCUT2D eigenvalue weighted by atomic mass is 32.1. The fraction of sp³-hybridized carbons (Fsp3) is 0.562. The first-order valence-corrected chi connectivity index (χ1v) is 8.01. The number of hydrogen-bond donors (Lipinski definition) is 1. The highest BCUT2D eigenvalue weighted by Gasteiger charge is 2.29. The Morgan fingerprint density at radius 2 is 2.19 bits per heavy atom. The third-order valence-electron chi connectivity index (χ3n) is 3.72. The number of nitrogens with zero attached hydrogens (tertiary/aromatic N) is 1. The highest BCUT2D eigenvalue weighted by molar-refractivity contribution is 7.80. The smallest absolute Gasteiger partial charge is 0.321 e. The number of carbonyl (C=O) groups excluding carboxylic acids is 1. The number of rotatable bonds is 5. The molecule has 1 unspecified atom stereocenters. The van der Waals surface area contributed by atoms with E-state index in [9.17, 15) is 4.79 Å². The van der Waals surface area contributed by atoms with Gasteiger partial charge in [-0.3, -0.25) is 9.78 Å². The Hall–Kier alpha value is -1.49.